The highest BCUT2D eigenvalue weighted by Gasteiger charge is 2.36. The Morgan fingerprint density at radius 3 is 2.86 bits per heavy atom. The van der Waals surface area contributed by atoms with Crippen LogP contribution in [0, 0.1) is 5.92 Å². The lowest BCUT2D eigenvalue weighted by Crippen LogP contribution is -2.44. The van der Waals surface area contributed by atoms with Gasteiger partial charge < -0.3 is 10.4 Å². The molecule has 3 rings (SSSR count). The van der Waals surface area contributed by atoms with E-state index in [0.717, 1.165) is 4.88 Å². The molecule has 0 radical (unpaired) electrons. The van der Waals surface area contributed by atoms with Gasteiger partial charge in [-0.25, -0.2) is 5.43 Å². The Balaban J connectivity index is 1.70. The van der Waals surface area contributed by atoms with Crippen LogP contribution in [-0.2, 0) is 9.59 Å². The molecule has 3 N–H and O–H groups in total. The summed E-state index contributed by atoms with van der Waals surface area (Å²) in [6, 6.07) is 3.85. The molecule has 0 saturated heterocycles. The zero-order valence-corrected chi connectivity index (χ0v) is 12.2. The molecule has 1 aliphatic heterocycles. The van der Waals surface area contributed by atoms with Gasteiger partial charge in [0.1, 0.15) is 5.71 Å². The first-order valence-electron chi connectivity index (χ1n) is 7.01. The molecular formula is C14H17N3O3S. The zero-order chi connectivity index (χ0) is 14.8. The van der Waals surface area contributed by atoms with Gasteiger partial charge in [0.25, 0.3) is 5.91 Å². The van der Waals surface area contributed by atoms with E-state index in [-0.39, 0.29) is 36.3 Å². The fraction of sp³-hybridized carbons (Fsp3) is 0.500. The number of aliphatic hydroxyl groups is 1. The van der Waals surface area contributed by atoms with Crippen LogP contribution in [0.4, 0.5) is 0 Å². The number of hydrazone groups is 1. The maximum Gasteiger partial charge on any atom is 0.268 e. The van der Waals surface area contributed by atoms with Gasteiger partial charge in [-0.1, -0.05) is 6.07 Å². The first-order valence-corrected chi connectivity index (χ1v) is 7.89. The second kappa shape index (κ2) is 5.95. The number of nitrogens with one attached hydrogen (secondary N) is 2. The van der Waals surface area contributed by atoms with E-state index < -0.39 is 0 Å². The molecule has 6 nitrogen and oxygen atoms in total. The van der Waals surface area contributed by atoms with E-state index in [1.165, 1.54) is 0 Å². The van der Waals surface area contributed by atoms with Crippen molar-refractivity contribution in [3.63, 3.8) is 0 Å². The topological polar surface area (TPSA) is 90.8 Å². The Morgan fingerprint density at radius 1 is 1.48 bits per heavy atom. The number of carbonyl (C=O) groups excluding carboxylic acids is 2. The highest BCUT2D eigenvalue weighted by atomic mass is 32.1. The van der Waals surface area contributed by atoms with Gasteiger partial charge in [0.15, 0.2) is 0 Å². The second-order valence-electron chi connectivity index (χ2n) is 5.45. The Hall–Kier alpha value is -1.73. The largest absolute Gasteiger partial charge is 0.393 e. The summed E-state index contributed by atoms with van der Waals surface area (Å²) in [5.41, 5.74) is 2.69. The number of carbonyl (C=O) groups is 2. The minimum atomic E-state index is -0.263. The Labute approximate surface area is 126 Å². The third-order valence-corrected chi connectivity index (χ3v) is 4.88. The van der Waals surface area contributed by atoms with E-state index in [0.29, 0.717) is 25.0 Å². The van der Waals surface area contributed by atoms with Crippen LogP contribution in [0.2, 0.25) is 0 Å². The molecule has 1 aliphatic carbocycles. The van der Waals surface area contributed by atoms with E-state index in [4.69, 9.17) is 0 Å². The molecule has 0 aromatic carbocycles. The van der Waals surface area contributed by atoms with Gasteiger partial charge in [-0.15, -0.1) is 11.3 Å². The molecule has 21 heavy (non-hydrogen) atoms. The normalized spacial score (nSPS) is 26.3. The fourth-order valence-corrected chi connectivity index (χ4v) is 3.52. The summed E-state index contributed by atoms with van der Waals surface area (Å²) < 4.78 is 0. The van der Waals surface area contributed by atoms with Crippen LogP contribution in [0.5, 0.6) is 0 Å². The number of amides is 2. The predicted octanol–water partition coefficient (Wildman–Crippen LogP) is 0.942. The highest BCUT2D eigenvalue weighted by molar-refractivity contribution is 7.10. The van der Waals surface area contributed by atoms with Gasteiger partial charge in [-0.3, -0.25) is 9.59 Å². The van der Waals surface area contributed by atoms with E-state index in [1.807, 2.05) is 17.5 Å². The second-order valence-corrected chi connectivity index (χ2v) is 6.42. The van der Waals surface area contributed by atoms with Crippen molar-refractivity contribution in [2.45, 2.75) is 37.8 Å². The van der Waals surface area contributed by atoms with Crippen LogP contribution >= 0.6 is 11.3 Å². The molecule has 1 aromatic rings. The molecule has 1 saturated carbocycles. The van der Waals surface area contributed by atoms with Crippen molar-refractivity contribution in [1.82, 2.24) is 10.7 Å². The van der Waals surface area contributed by atoms with Crippen molar-refractivity contribution in [2.24, 2.45) is 11.0 Å². The standard InChI is InChI=1S/C14H17N3O3S/c18-9-6-8(7-9)13(11-2-1-5-21-11)15-14(20)10-3-4-12(19)17-16-10/h1-2,5,8-9,13,18H,3-4,6-7H2,(H,15,20)(H,17,19)/t8?,9?,13-/m1/s1. The minimum Gasteiger partial charge on any atom is -0.393 e. The molecule has 7 heteroatoms. The average molecular weight is 307 g/mol. The van der Waals surface area contributed by atoms with E-state index >= 15 is 0 Å². The summed E-state index contributed by atoms with van der Waals surface area (Å²) in [4.78, 5) is 24.4. The lowest BCUT2D eigenvalue weighted by atomic mass is 9.76. The summed E-state index contributed by atoms with van der Waals surface area (Å²) in [5.74, 6) is -0.153. The molecular weight excluding hydrogens is 290 g/mol. The molecule has 0 unspecified atom stereocenters. The molecule has 2 heterocycles. The number of nitrogens with zero attached hydrogens (tertiary/aromatic N) is 1. The quantitative estimate of drug-likeness (QED) is 0.773. The number of hydrogen-bond acceptors (Lipinski definition) is 5. The van der Waals surface area contributed by atoms with Crippen molar-refractivity contribution in [3.05, 3.63) is 22.4 Å². The van der Waals surface area contributed by atoms with Crippen LogP contribution in [0.25, 0.3) is 0 Å². The third kappa shape index (κ3) is 3.14. The fourth-order valence-electron chi connectivity index (χ4n) is 2.65. The van der Waals surface area contributed by atoms with Crippen LogP contribution in [-0.4, -0.2) is 28.7 Å². The monoisotopic (exact) mass is 307 g/mol. The SMILES string of the molecule is O=C1CCC(C(=O)N[C@@H](c2cccs2)C2CC(O)C2)=NN1. The van der Waals surface area contributed by atoms with Crippen LogP contribution in [0.15, 0.2) is 22.6 Å². The van der Waals surface area contributed by atoms with Crippen molar-refractivity contribution in [2.75, 3.05) is 0 Å². The summed E-state index contributed by atoms with van der Waals surface area (Å²) in [5, 5.41) is 18.3. The molecule has 1 aromatic heterocycles. The maximum atomic E-state index is 12.3. The van der Waals surface area contributed by atoms with E-state index in [2.05, 4.69) is 15.8 Å². The molecule has 2 aliphatic rings. The summed E-state index contributed by atoms with van der Waals surface area (Å²) in [7, 11) is 0. The van der Waals surface area contributed by atoms with E-state index in [1.54, 1.807) is 11.3 Å². The first kappa shape index (κ1) is 14.2. The van der Waals surface area contributed by atoms with Crippen LogP contribution in [0.1, 0.15) is 36.6 Å². The van der Waals surface area contributed by atoms with Gasteiger partial charge >= 0.3 is 0 Å². The summed E-state index contributed by atoms with van der Waals surface area (Å²) >= 11 is 1.59. The maximum absolute atomic E-state index is 12.3. The Kier molecular flexibility index (Phi) is 4.03. The molecule has 1 fully saturated rings. The Morgan fingerprint density at radius 2 is 2.29 bits per heavy atom. The van der Waals surface area contributed by atoms with Gasteiger partial charge in [-0.05, 0) is 30.2 Å². The number of rotatable bonds is 4. The van der Waals surface area contributed by atoms with Crippen molar-refractivity contribution in [1.29, 1.82) is 0 Å². The van der Waals surface area contributed by atoms with Crippen molar-refractivity contribution in [3.8, 4) is 0 Å². The third-order valence-electron chi connectivity index (χ3n) is 3.92. The Bertz CT molecular complexity index is 564. The zero-order valence-electron chi connectivity index (χ0n) is 11.4. The molecule has 0 spiro atoms. The van der Waals surface area contributed by atoms with Gasteiger partial charge in [0.2, 0.25) is 5.91 Å². The molecule has 0 bridgehead atoms. The summed E-state index contributed by atoms with van der Waals surface area (Å²) in [6.45, 7) is 0. The number of thiophene rings is 1. The predicted molar refractivity (Wildman–Crippen MR) is 78.7 cm³/mol. The van der Waals surface area contributed by atoms with Gasteiger partial charge in [0.05, 0.1) is 12.1 Å². The van der Waals surface area contributed by atoms with Gasteiger partial charge in [0, 0.05) is 17.7 Å². The van der Waals surface area contributed by atoms with Crippen LogP contribution in [0.3, 0.4) is 0 Å². The van der Waals surface area contributed by atoms with E-state index in [9.17, 15) is 14.7 Å². The minimum absolute atomic E-state index is 0.0961. The lowest BCUT2D eigenvalue weighted by Gasteiger charge is -2.37. The van der Waals surface area contributed by atoms with Crippen LogP contribution < -0.4 is 10.7 Å². The average Bonchev–Trinajstić information content (AvgIpc) is 2.96. The smallest absolute Gasteiger partial charge is 0.268 e. The number of hydrogen-bond donors (Lipinski definition) is 3. The van der Waals surface area contributed by atoms with Crippen molar-refractivity contribution >= 4 is 28.9 Å². The first-order chi connectivity index (χ1) is 10.1. The van der Waals surface area contributed by atoms with Crippen molar-refractivity contribution < 1.29 is 14.7 Å². The molecule has 2 amide bonds. The molecule has 112 valence electrons. The molecule has 1 atom stereocenters. The van der Waals surface area contributed by atoms with Gasteiger partial charge in [-0.2, -0.15) is 5.10 Å². The lowest BCUT2D eigenvalue weighted by molar-refractivity contribution is -0.121. The number of aliphatic hydroxyl groups excluding tert-OH is 1. The highest BCUT2D eigenvalue weighted by Crippen LogP contribution is 2.39. The summed E-state index contributed by atoms with van der Waals surface area (Å²) in [6.07, 6.45) is 1.79.